The number of hydrogen-bond acceptors (Lipinski definition) is 3. The minimum absolute atomic E-state index is 0.0551. The van der Waals surface area contributed by atoms with E-state index in [2.05, 4.69) is 23.6 Å². The van der Waals surface area contributed by atoms with Crippen LogP contribution in [0.5, 0.6) is 5.75 Å². The molecule has 0 heterocycles. The molecule has 2 N–H and O–H groups in total. The van der Waals surface area contributed by atoms with Crippen molar-refractivity contribution < 1.29 is 9.53 Å². The number of ether oxygens (including phenoxy) is 1. The van der Waals surface area contributed by atoms with Gasteiger partial charge in [0.25, 0.3) is 0 Å². The topological polar surface area (TPSA) is 50.4 Å². The van der Waals surface area contributed by atoms with Crippen LogP contribution in [0.1, 0.15) is 25.3 Å². The van der Waals surface area contributed by atoms with Crippen molar-refractivity contribution in [2.75, 3.05) is 20.2 Å². The molecule has 0 saturated carbocycles. The second kappa shape index (κ2) is 8.53. The summed E-state index contributed by atoms with van der Waals surface area (Å²) in [5.41, 5.74) is 1.21. The molecular formula is C14H22N2O2. The van der Waals surface area contributed by atoms with Crippen molar-refractivity contribution in [3.63, 3.8) is 0 Å². The summed E-state index contributed by atoms with van der Waals surface area (Å²) in [5, 5.41) is 5.87. The molecule has 0 atom stereocenters. The van der Waals surface area contributed by atoms with Crippen LogP contribution in [-0.2, 0) is 11.3 Å². The second-order valence-corrected chi connectivity index (χ2v) is 4.05. The number of benzene rings is 1. The van der Waals surface area contributed by atoms with Gasteiger partial charge in [0.15, 0.2) is 0 Å². The Balaban J connectivity index is 2.31. The summed E-state index contributed by atoms with van der Waals surface area (Å²) < 4.78 is 5.61. The lowest BCUT2D eigenvalue weighted by molar-refractivity contribution is -0.120. The Morgan fingerprint density at radius 3 is 2.94 bits per heavy atom. The first kappa shape index (κ1) is 14.5. The van der Waals surface area contributed by atoms with Crippen LogP contribution in [0.25, 0.3) is 0 Å². The summed E-state index contributed by atoms with van der Waals surface area (Å²) in [7, 11) is 1.65. The predicted octanol–water partition coefficient (Wildman–Crippen LogP) is 1.70. The highest BCUT2D eigenvalue weighted by Gasteiger charge is 1.99. The molecule has 4 heteroatoms. The van der Waals surface area contributed by atoms with Crippen LogP contribution in [0.2, 0.25) is 0 Å². The van der Waals surface area contributed by atoms with Gasteiger partial charge >= 0.3 is 0 Å². The molecule has 0 fully saturated rings. The van der Waals surface area contributed by atoms with Gasteiger partial charge in [-0.15, -0.1) is 0 Å². The molecule has 0 unspecified atom stereocenters. The van der Waals surface area contributed by atoms with Gasteiger partial charge in [-0.1, -0.05) is 19.1 Å². The Morgan fingerprint density at radius 2 is 2.22 bits per heavy atom. The molecule has 1 aromatic carbocycles. The van der Waals surface area contributed by atoms with Crippen LogP contribution in [0.15, 0.2) is 24.3 Å². The Morgan fingerprint density at radius 1 is 1.39 bits per heavy atom. The molecule has 1 amide bonds. The number of hydrogen-bond donors (Lipinski definition) is 2. The fraction of sp³-hybridized carbons (Fsp3) is 0.500. The van der Waals surface area contributed by atoms with Gasteiger partial charge in [0, 0.05) is 20.0 Å². The van der Waals surface area contributed by atoms with Crippen molar-refractivity contribution in [3.05, 3.63) is 29.8 Å². The van der Waals surface area contributed by atoms with Gasteiger partial charge in [-0.25, -0.2) is 0 Å². The normalized spacial score (nSPS) is 10.1. The summed E-state index contributed by atoms with van der Waals surface area (Å²) in [4.78, 5) is 11.0. The van der Waals surface area contributed by atoms with Crippen molar-refractivity contribution in [2.24, 2.45) is 0 Å². The smallest absolute Gasteiger partial charge is 0.219 e. The van der Waals surface area contributed by atoms with Crippen molar-refractivity contribution in [3.8, 4) is 5.75 Å². The quantitative estimate of drug-likeness (QED) is 0.690. The Kier molecular flexibility index (Phi) is 6.87. The largest absolute Gasteiger partial charge is 0.494 e. The number of nitrogens with one attached hydrogen (secondary N) is 2. The third-order valence-corrected chi connectivity index (χ3v) is 2.57. The highest BCUT2D eigenvalue weighted by atomic mass is 16.5. The van der Waals surface area contributed by atoms with E-state index in [1.807, 2.05) is 18.2 Å². The number of carbonyl (C=O) groups excluding carboxylic acids is 1. The first-order valence-corrected chi connectivity index (χ1v) is 6.39. The minimum atomic E-state index is 0.0551. The molecule has 0 aliphatic rings. The van der Waals surface area contributed by atoms with Gasteiger partial charge in [0.2, 0.25) is 5.91 Å². The number of carbonyl (C=O) groups is 1. The van der Waals surface area contributed by atoms with Crippen LogP contribution in [0.3, 0.4) is 0 Å². The molecule has 0 bridgehead atoms. The first-order valence-electron chi connectivity index (χ1n) is 6.39. The molecule has 0 aliphatic heterocycles. The lowest BCUT2D eigenvalue weighted by Crippen LogP contribution is -2.18. The van der Waals surface area contributed by atoms with E-state index in [1.54, 1.807) is 7.05 Å². The van der Waals surface area contributed by atoms with E-state index in [0.717, 1.165) is 25.3 Å². The van der Waals surface area contributed by atoms with Gasteiger partial charge in [-0.2, -0.15) is 0 Å². The molecule has 18 heavy (non-hydrogen) atoms. The highest BCUT2D eigenvalue weighted by Crippen LogP contribution is 2.13. The molecular weight excluding hydrogens is 228 g/mol. The highest BCUT2D eigenvalue weighted by molar-refractivity contribution is 5.75. The van der Waals surface area contributed by atoms with Crippen molar-refractivity contribution in [1.29, 1.82) is 0 Å². The zero-order chi connectivity index (χ0) is 13.2. The molecule has 4 nitrogen and oxygen atoms in total. The van der Waals surface area contributed by atoms with E-state index in [9.17, 15) is 4.79 Å². The maximum atomic E-state index is 11.0. The number of rotatable bonds is 8. The average molecular weight is 250 g/mol. The molecule has 0 saturated heterocycles. The lowest BCUT2D eigenvalue weighted by Gasteiger charge is -2.08. The van der Waals surface area contributed by atoms with Crippen molar-refractivity contribution in [2.45, 2.75) is 26.3 Å². The fourth-order valence-electron chi connectivity index (χ4n) is 1.56. The van der Waals surface area contributed by atoms with E-state index in [0.29, 0.717) is 13.0 Å². The second-order valence-electron chi connectivity index (χ2n) is 4.05. The molecule has 100 valence electrons. The van der Waals surface area contributed by atoms with E-state index >= 15 is 0 Å². The Hall–Kier alpha value is -1.55. The Bertz CT molecular complexity index is 367. The maximum absolute atomic E-state index is 11.0. The minimum Gasteiger partial charge on any atom is -0.494 e. The van der Waals surface area contributed by atoms with Crippen LogP contribution in [0, 0.1) is 0 Å². The van der Waals surface area contributed by atoms with Gasteiger partial charge in [-0.3, -0.25) is 4.79 Å². The molecule has 0 spiro atoms. The molecule has 1 rings (SSSR count). The van der Waals surface area contributed by atoms with Crippen LogP contribution in [0.4, 0.5) is 0 Å². The van der Waals surface area contributed by atoms with Crippen LogP contribution < -0.4 is 15.4 Å². The summed E-state index contributed by atoms with van der Waals surface area (Å²) in [6.07, 6.45) is 1.24. The van der Waals surface area contributed by atoms with E-state index < -0.39 is 0 Å². The number of amides is 1. The van der Waals surface area contributed by atoms with Gasteiger partial charge in [-0.05, 0) is 30.7 Å². The summed E-state index contributed by atoms with van der Waals surface area (Å²) in [6, 6.07) is 8.03. The molecule has 0 radical (unpaired) electrons. The fourth-order valence-corrected chi connectivity index (χ4v) is 1.56. The third kappa shape index (κ3) is 5.68. The summed E-state index contributed by atoms with van der Waals surface area (Å²) in [6.45, 7) is 4.46. The average Bonchev–Trinajstić information content (AvgIpc) is 2.41. The molecule has 0 aromatic heterocycles. The van der Waals surface area contributed by atoms with E-state index in [-0.39, 0.29) is 5.91 Å². The third-order valence-electron chi connectivity index (χ3n) is 2.57. The van der Waals surface area contributed by atoms with Crippen molar-refractivity contribution >= 4 is 5.91 Å². The first-order chi connectivity index (χ1) is 8.76. The summed E-state index contributed by atoms with van der Waals surface area (Å²) in [5.74, 6) is 0.918. The lowest BCUT2D eigenvalue weighted by atomic mass is 10.2. The summed E-state index contributed by atoms with van der Waals surface area (Å²) >= 11 is 0. The van der Waals surface area contributed by atoms with Crippen molar-refractivity contribution in [1.82, 2.24) is 10.6 Å². The predicted molar refractivity (Wildman–Crippen MR) is 72.6 cm³/mol. The van der Waals surface area contributed by atoms with E-state index in [1.165, 1.54) is 5.56 Å². The zero-order valence-electron chi connectivity index (χ0n) is 11.2. The van der Waals surface area contributed by atoms with Crippen LogP contribution in [-0.4, -0.2) is 26.1 Å². The van der Waals surface area contributed by atoms with Gasteiger partial charge in [0.1, 0.15) is 5.75 Å². The zero-order valence-corrected chi connectivity index (χ0v) is 11.2. The molecule has 1 aromatic rings. The molecule has 0 aliphatic carbocycles. The van der Waals surface area contributed by atoms with Gasteiger partial charge < -0.3 is 15.4 Å². The standard InChI is InChI=1S/C14H22N2O2/c1-3-16-11-12-6-4-7-13(10-12)18-9-5-8-14(17)15-2/h4,6-7,10,16H,3,5,8-9,11H2,1-2H3,(H,15,17). The SMILES string of the molecule is CCNCc1cccc(OCCCC(=O)NC)c1. The Labute approximate surface area is 109 Å². The van der Waals surface area contributed by atoms with Gasteiger partial charge in [0.05, 0.1) is 6.61 Å². The maximum Gasteiger partial charge on any atom is 0.219 e. The monoisotopic (exact) mass is 250 g/mol. The van der Waals surface area contributed by atoms with E-state index in [4.69, 9.17) is 4.74 Å². The van der Waals surface area contributed by atoms with Crippen LogP contribution >= 0.6 is 0 Å².